The van der Waals surface area contributed by atoms with Crippen LogP contribution in [-0.2, 0) is 21.9 Å². The fraction of sp³-hybridized carbons (Fsp3) is 0.438. The van der Waals surface area contributed by atoms with Gasteiger partial charge in [-0.25, -0.2) is 12.7 Å². The van der Waals surface area contributed by atoms with Crippen LogP contribution in [0, 0.1) is 5.92 Å². The highest BCUT2D eigenvalue weighted by Gasteiger charge is 2.30. The van der Waals surface area contributed by atoms with Crippen LogP contribution in [0.5, 0.6) is 0 Å². The van der Waals surface area contributed by atoms with Gasteiger partial charge in [0.2, 0.25) is 15.9 Å². The molecule has 0 aliphatic carbocycles. The Morgan fingerprint density at radius 1 is 1.30 bits per heavy atom. The fourth-order valence-corrected chi connectivity index (χ4v) is 3.95. The molecule has 6 nitrogen and oxygen atoms in total. The van der Waals surface area contributed by atoms with E-state index in [4.69, 9.17) is 0 Å². The number of aromatic nitrogens is 1. The molecule has 0 radical (unpaired) electrons. The summed E-state index contributed by atoms with van der Waals surface area (Å²) in [4.78, 5) is 12.5. The number of sulfonamides is 1. The van der Waals surface area contributed by atoms with Crippen molar-refractivity contribution in [1.29, 1.82) is 0 Å². The summed E-state index contributed by atoms with van der Waals surface area (Å²) in [6.07, 6.45) is 4.59. The fourth-order valence-electron chi connectivity index (χ4n) is 3.04. The lowest BCUT2D eigenvalue weighted by Crippen LogP contribution is -2.43. The molecule has 1 aliphatic rings. The van der Waals surface area contributed by atoms with E-state index in [9.17, 15) is 13.2 Å². The molecule has 0 spiro atoms. The highest BCUT2D eigenvalue weighted by Crippen LogP contribution is 2.23. The van der Waals surface area contributed by atoms with Crippen molar-refractivity contribution < 1.29 is 13.2 Å². The van der Waals surface area contributed by atoms with Crippen molar-refractivity contribution in [3.8, 4) is 0 Å². The van der Waals surface area contributed by atoms with Crippen molar-refractivity contribution in [2.24, 2.45) is 13.0 Å². The van der Waals surface area contributed by atoms with Crippen LogP contribution >= 0.6 is 0 Å². The van der Waals surface area contributed by atoms with Gasteiger partial charge in [0, 0.05) is 37.5 Å². The number of amides is 1. The van der Waals surface area contributed by atoms with E-state index in [0.717, 1.165) is 16.6 Å². The molecule has 0 unspecified atom stereocenters. The molecular weight excluding hydrogens is 314 g/mol. The smallest absolute Gasteiger partial charge is 0.228 e. The van der Waals surface area contributed by atoms with E-state index in [1.54, 1.807) is 0 Å². The Bertz CT molecular complexity index is 841. The van der Waals surface area contributed by atoms with Gasteiger partial charge >= 0.3 is 0 Å². The van der Waals surface area contributed by atoms with Crippen LogP contribution in [0.15, 0.2) is 30.5 Å². The Morgan fingerprint density at radius 3 is 2.83 bits per heavy atom. The van der Waals surface area contributed by atoms with Gasteiger partial charge in [-0.2, -0.15) is 0 Å². The van der Waals surface area contributed by atoms with E-state index in [1.807, 2.05) is 42.1 Å². The molecule has 1 amide bonds. The number of rotatable bonds is 3. The Morgan fingerprint density at radius 2 is 2.09 bits per heavy atom. The average Bonchev–Trinajstić information content (AvgIpc) is 2.88. The molecule has 1 atom stereocenters. The van der Waals surface area contributed by atoms with Gasteiger partial charge in [-0.3, -0.25) is 4.79 Å². The van der Waals surface area contributed by atoms with Gasteiger partial charge in [0.1, 0.15) is 0 Å². The van der Waals surface area contributed by atoms with Crippen LogP contribution in [0.1, 0.15) is 12.8 Å². The summed E-state index contributed by atoms with van der Waals surface area (Å²) in [7, 11) is -1.28. The first-order valence-electron chi connectivity index (χ1n) is 7.65. The van der Waals surface area contributed by atoms with E-state index >= 15 is 0 Å². The zero-order valence-electron chi connectivity index (χ0n) is 13.3. The van der Waals surface area contributed by atoms with Gasteiger partial charge in [0.05, 0.1) is 12.2 Å². The average molecular weight is 335 g/mol. The third-order valence-electron chi connectivity index (χ3n) is 4.38. The van der Waals surface area contributed by atoms with Gasteiger partial charge in [-0.05, 0) is 36.4 Å². The molecule has 1 aromatic carbocycles. The van der Waals surface area contributed by atoms with E-state index in [0.29, 0.717) is 19.4 Å². The quantitative estimate of drug-likeness (QED) is 0.929. The lowest BCUT2D eigenvalue weighted by atomic mass is 9.98. The maximum Gasteiger partial charge on any atom is 0.228 e. The van der Waals surface area contributed by atoms with Gasteiger partial charge in [-0.15, -0.1) is 0 Å². The first kappa shape index (κ1) is 16.0. The van der Waals surface area contributed by atoms with Crippen molar-refractivity contribution in [2.45, 2.75) is 12.8 Å². The van der Waals surface area contributed by atoms with Gasteiger partial charge in [-0.1, -0.05) is 6.07 Å². The lowest BCUT2D eigenvalue weighted by Gasteiger charge is -2.30. The van der Waals surface area contributed by atoms with Crippen LogP contribution in [0.3, 0.4) is 0 Å². The largest absolute Gasteiger partial charge is 0.350 e. The van der Waals surface area contributed by atoms with Crippen molar-refractivity contribution in [2.75, 3.05) is 24.7 Å². The van der Waals surface area contributed by atoms with Crippen molar-refractivity contribution in [3.63, 3.8) is 0 Å². The Balaban J connectivity index is 1.73. The number of carbonyl (C=O) groups is 1. The van der Waals surface area contributed by atoms with E-state index < -0.39 is 10.0 Å². The second-order valence-electron chi connectivity index (χ2n) is 6.15. The molecule has 23 heavy (non-hydrogen) atoms. The molecule has 1 aromatic heterocycles. The third kappa shape index (κ3) is 3.40. The topological polar surface area (TPSA) is 71.4 Å². The number of anilines is 1. The first-order chi connectivity index (χ1) is 10.8. The Labute approximate surface area is 136 Å². The highest BCUT2D eigenvalue weighted by molar-refractivity contribution is 7.88. The second-order valence-corrected chi connectivity index (χ2v) is 8.13. The summed E-state index contributed by atoms with van der Waals surface area (Å²) in [5.41, 5.74) is 1.78. The third-order valence-corrected chi connectivity index (χ3v) is 5.65. The molecule has 0 bridgehead atoms. The summed E-state index contributed by atoms with van der Waals surface area (Å²) in [5.74, 6) is -0.422. The number of hydrogen-bond acceptors (Lipinski definition) is 3. The van der Waals surface area contributed by atoms with Gasteiger partial charge < -0.3 is 9.88 Å². The number of fused-ring (bicyclic) bond motifs is 1. The summed E-state index contributed by atoms with van der Waals surface area (Å²) in [6, 6.07) is 7.79. The molecule has 0 saturated carbocycles. The second kappa shape index (κ2) is 5.98. The van der Waals surface area contributed by atoms with Crippen molar-refractivity contribution in [3.05, 3.63) is 30.5 Å². The Kier molecular flexibility index (Phi) is 4.16. The minimum Gasteiger partial charge on any atom is -0.350 e. The van der Waals surface area contributed by atoms with E-state index in [1.165, 1.54) is 10.6 Å². The van der Waals surface area contributed by atoms with Gasteiger partial charge in [0.15, 0.2) is 0 Å². The van der Waals surface area contributed by atoms with Crippen LogP contribution in [0.4, 0.5) is 5.69 Å². The molecule has 3 rings (SSSR count). The van der Waals surface area contributed by atoms with Crippen LogP contribution in [0.25, 0.3) is 10.9 Å². The van der Waals surface area contributed by atoms with Crippen LogP contribution < -0.4 is 5.32 Å². The predicted octanol–water partition coefficient (Wildman–Crippen LogP) is 1.79. The number of aryl methyl sites for hydroxylation is 1. The van der Waals surface area contributed by atoms with E-state index in [-0.39, 0.29) is 18.4 Å². The number of hydrogen-bond donors (Lipinski definition) is 1. The molecular formula is C16H21N3O3S. The number of carbonyl (C=O) groups excluding carboxylic acids is 1. The molecule has 2 heterocycles. The Hall–Kier alpha value is -1.86. The van der Waals surface area contributed by atoms with Crippen molar-refractivity contribution >= 4 is 32.5 Å². The minimum absolute atomic E-state index is 0.119. The lowest BCUT2D eigenvalue weighted by molar-refractivity contribution is -0.120. The molecule has 124 valence electrons. The summed E-state index contributed by atoms with van der Waals surface area (Å²) in [6.45, 7) is 0.759. The highest BCUT2D eigenvalue weighted by atomic mass is 32.2. The van der Waals surface area contributed by atoms with Crippen LogP contribution in [0.2, 0.25) is 0 Å². The maximum atomic E-state index is 12.5. The van der Waals surface area contributed by atoms with E-state index in [2.05, 4.69) is 5.32 Å². The summed E-state index contributed by atoms with van der Waals surface area (Å²) in [5, 5.41) is 4.04. The standard InChI is InChI=1S/C16H21N3O3S/c1-18-9-7-12-5-6-14(10-15(12)18)17-16(20)13-4-3-8-19(11-13)23(2,21)22/h5-7,9-10,13H,3-4,8,11H2,1-2H3,(H,17,20)/t13-/m1/s1. The number of benzene rings is 1. The van der Waals surface area contributed by atoms with Gasteiger partial charge in [0.25, 0.3) is 0 Å². The predicted molar refractivity (Wildman–Crippen MR) is 90.7 cm³/mol. The molecule has 1 N–H and O–H groups in total. The normalized spacial score (nSPS) is 19.8. The molecule has 2 aromatic rings. The van der Waals surface area contributed by atoms with Crippen molar-refractivity contribution in [1.82, 2.24) is 8.87 Å². The molecule has 7 heteroatoms. The zero-order chi connectivity index (χ0) is 16.6. The SMILES string of the molecule is Cn1ccc2ccc(NC(=O)[C@@H]3CCCN(S(C)(=O)=O)C3)cc21. The number of nitrogens with zero attached hydrogens (tertiary/aromatic N) is 2. The monoisotopic (exact) mass is 335 g/mol. The number of piperidine rings is 1. The molecule has 1 saturated heterocycles. The molecule has 1 aliphatic heterocycles. The first-order valence-corrected chi connectivity index (χ1v) is 9.50. The number of nitrogens with one attached hydrogen (secondary N) is 1. The molecule has 1 fully saturated rings. The maximum absolute atomic E-state index is 12.5. The zero-order valence-corrected chi connectivity index (χ0v) is 14.1. The minimum atomic E-state index is -3.24. The summed E-state index contributed by atoms with van der Waals surface area (Å²) >= 11 is 0. The summed E-state index contributed by atoms with van der Waals surface area (Å²) < 4.78 is 26.7. The van der Waals surface area contributed by atoms with Crippen LogP contribution in [-0.4, -0.2) is 42.5 Å².